The van der Waals surface area contributed by atoms with Crippen LogP contribution in [0.25, 0.3) is 5.76 Å². The number of benzene rings is 4. The largest absolute Gasteiger partial charge is 0.507 e. The van der Waals surface area contributed by atoms with Crippen LogP contribution in [-0.4, -0.2) is 23.9 Å². The minimum atomic E-state index is -0.996. The van der Waals surface area contributed by atoms with Gasteiger partial charge in [0.1, 0.15) is 28.8 Å². The van der Waals surface area contributed by atoms with Crippen molar-refractivity contribution in [2.24, 2.45) is 0 Å². The quantitative estimate of drug-likeness (QED) is 0.145. The third-order valence-corrected chi connectivity index (χ3v) is 7.16. The van der Waals surface area contributed by atoms with Crippen LogP contribution in [0.4, 0.5) is 10.1 Å². The van der Waals surface area contributed by atoms with Gasteiger partial charge in [-0.05, 0) is 90.2 Å². The Morgan fingerprint density at radius 3 is 2.24 bits per heavy atom. The van der Waals surface area contributed by atoms with E-state index < -0.39 is 23.5 Å². The Kier molecular flexibility index (Phi) is 7.62. The van der Waals surface area contributed by atoms with E-state index in [0.717, 1.165) is 5.56 Å². The number of halogens is 1. The molecule has 1 amide bonds. The fourth-order valence-corrected chi connectivity index (χ4v) is 5.12. The van der Waals surface area contributed by atoms with Crippen LogP contribution in [-0.2, 0) is 9.59 Å². The summed E-state index contributed by atoms with van der Waals surface area (Å²) in [6.45, 7) is 5.81. The van der Waals surface area contributed by atoms with Crippen molar-refractivity contribution in [3.63, 3.8) is 0 Å². The van der Waals surface area contributed by atoms with Gasteiger partial charge in [-0.25, -0.2) is 4.39 Å². The summed E-state index contributed by atoms with van der Waals surface area (Å²) in [5.74, 6) is -0.595. The molecule has 41 heavy (non-hydrogen) atoms. The molecule has 1 fully saturated rings. The zero-order valence-electron chi connectivity index (χ0n) is 23.2. The standard InChI is InChI=1S/C34H30FNO5/c1-20(2)27-19-28(21(3)17-29(27)40-4)32(37)30-31(36(34(39)33(30)38)24-15-13-23(35)14-16-24)22-9-8-12-26(18-22)41-25-10-6-5-7-11-25/h5-20,31,37H,1-4H3/b32-30+. The van der Waals surface area contributed by atoms with Crippen LogP contribution >= 0.6 is 0 Å². The fraction of sp³-hybridized carbons (Fsp3) is 0.176. The second-order valence-corrected chi connectivity index (χ2v) is 10.2. The van der Waals surface area contributed by atoms with Crippen molar-refractivity contribution in [3.8, 4) is 17.2 Å². The Morgan fingerprint density at radius 1 is 0.902 bits per heavy atom. The molecule has 0 aromatic heterocycles. The van der Waals surface area contributed by atoms with E-state index in [0.29, 0.717) is 39.6 Å². The number of aliphatic hydroxyl groups is 1. The summed E-state index contributed by atoms with van der Waals surface area (Å²) < 4.78 is 25.4. The van der Waals surface area contributed by atoms with Gasteiger partial charge in [-0.1, -0.05) is 44.2 Å². The number of Topliss-reactive ketones (excluding diaryl/α,β-unsaturated/α-hetero) is 1. The summed E-state index contributed by atoms with van der Waals surface area (Å²) in [6.07, 6.45) is 0. The lowest BCUT2D eigenvalue weighted by atomic mass is 9.91. The molecule has 1 saturated heterocycles. The number of hydrogen-bond acceptors (Lipinski definition) is 5. The van der Waals surface area contributed by atoms with E-state index in [1.165, 1.54) is 29.2 Å². The molecule has 7 heteroatoms. The molecule has 1 atom stereocenters. The lowest BCUT2D eigenvalue weighted by Gasteiger charge is -2.26. The van der Waals surface area contributed by atoms with Gasteiger partial charge in [-0.3, -0.25) is 14.5 Å². The van der Waals surface area contributed by atoms with E-state index in [1.807, 2.05) is 50.2 Å². The summed E-state index contributed by atoms with van der Waals surface area (Å²) in [5, 5.41) is 11.8. The van der Waals surface area contributed by atoms with Crippen molar-refractivity contribution in [1.29, 1.82) is 0 Å². The number of anilines is 1. The number of ketones is 1. The monoisotopic (exact) mass is 551 g/mol. The van der Waals surface area contributed by atoms with Crippen LogP contribution < -0.4 is 14.4 Å². The number of aryl methyl sites for hydroxylation is 1. The zero-order valence-corrected chi connectivity index (χ0v) is 23.2. The molecule has 1 heterocycles. The van der Waals surface area contributed by atoms with Gasteiger partial charge >= 0.3 is 0 Å². The molecule has 1 N–H and O–H groups in total. The van der Waals surface area contributed by atoms with Crippen LogP contribution in [0, 0.1) is 12.7 Å². The highest BCUT2D eigenvalue weighted by atomic mass is 19.1. The Morgan fingerprint density at radius 2 is 1.59 bits per heavy atom. The topological polar surface area (TPSA) is 76.1 Å². The molecule has 208 valence electrons. The maximum Gasteiger partial charge on any atom is 0.300 e. The number of nitrogens with zero attached hydrogens (tertiary/aromatic N) is 1. The molecule has 1 unspecified atom stereocenters. The molecular formula is C34H30FNO5. The molecule has 6 nitrogen and oxygen atoms in total. The summed E-state index contributed by atoms with van der Waals surface area (Å²) in [5.41, 5.74) is 2.74. The number of hydrogen-bond donors (Lipinski definition) is 1. The Labute approximate surface area is 238 Å². The van der Waals surface area contributed by atoms with E-state index >= 15 is 0 Å². The molecule has 1 aliphatic heterocycles. The van der Waals surface area contributed by atoms with Gasteiger partial charge in [0, 0.05) is 11.3 Å². The average Bonchev–Trinajstić information content (AvgIpc) is 3.23. The van der Waals surface area contributed by atoms with Crippen LogP contribution in [0.1, 0.15) is 48.1 Å². The van der Waals surface area contributed by atoms with Crippen molar-refractivity contribution in [2.75, 3.05) is 12.0 Å². The first-order chi connectivity index (χ1) is 19.7. The molecular weight excluding hydrogens is 521 g/mol. The molecule has 0 bridgehead atoms. The first-order valence-electron chi connectivity index (χ1n) is 13.3. The number of ether oxygens (including phenoxy) is 2. The van der Waals surface area contributed by atoms with Crippen LogP contribution in [0.2, 0.25) is 0 Å². The minimum Gasteiger partial charge on any atom is -0.507 e. The van der Waals surface area contributed by atoms with Crippen molar-refractivity contribution in [3.05, 3.63) is 125 Å². The number of amides is 1. The lowest BCUT2D eigenvalue weighted by Crippen LogP contribution is -2.29. The molecule has 4 aromatic rings. The van der Waals surface area contributed by atoms with Crippen LogP contribution in [0.3, 0.4) is 0 Å². The maximum absolute atomic E-state index is 13.8. The van der Waals surface area contributed by atoms with Crippen molar-refractivity contribution in [1.82, 2.24) is 0 Å². The Bertz CT molecular complexity index is 1640. The Balaban J connectivity index is 1.71. The van der Waals surface area contributed by atoms with Gasteiger partial charge in [-0.2, -0.15) is 0 Å². The number of carbonyl (C=O) groups is 2. The normalized spacial score (nSPS) is 16.3. The second kappa shape index (κ2) is 11.3. The number of methoxy groups -OCH3 is 1. The predicted octanol–water partition coefficient (Wildman–Crippen LogP) is 7.68. The highest BCUT2D eigenvalue weighted by Crippen LogP contribution is 2.44. The van der Waals surface area contributed by atoms with Gasteiger partial charge in [0.05, 0.1) is 18.7 Å². The molecule has 0 aliphatic carbocycles. The lowest BCUT2D eigenvalue weighted by molar-refractivity contribution is -0.132. The van der Waals surface area contributed by atoms with E-state index in [4.69, 9.17) is 9.47 Å². The van der Waals surface area contributed by atoms with Crippen molar-refractivity contribution >= 4 is 23.1 Å². The summed E-state index contributed by atoms with van der Waals surface area (Å²) in [4.78, 5) is 28.5. The van der Waals surface area contributed by atoms with Gasteiger partial charge in [-0.15, -0.1) is 0 Å². The summed E-state index contributed by atoms with van der Waals surface area (Å²) in [6, 6.07) is 24.2. The molecule has 5 rings (SSSR count). The minimum absolute atomic E-state index is 0.0702. The van der Waals surface area contributed by atoms with Crippen molar-refractivity contribution < 1.29 is 28.6 Å². The molecule has 0 saturated carbocycles. The smallest absolute Gasteiger partial charge is 0.300 e. The van der Waals surface area contributed by atoms with Gasteiger partial charge in [0.25, 0.3) is 11.7 Å². The Hall–Kier alpha value is -4.91. The van der Waals surface area contributed by atoms with Crippen LogP contribution in [0.5, 0.6) is 17.2 Å². The van der Waals surface area contributed by atoms with E-state index in [-0.39, 0.29) is 17.3 Å². The molecule has 0 radical (unpaired) electrons. The number of carbonyl (C=O) groups excluding carboxylic acids is 2. The van der Waals surface area contributed by atoms with Crippen LogP contribution in [0.15, 0.2) is 96.6 Å². The van der Waals surface area contributed by atoms with Gasteiger partial charge in [0.2, 0.25) is 0 Å². The first kappa shape index (κ1) is 27.6. The number of rotatable bonds is 7. The van der Waals surface area contributed by atoms with Gasteiger partial charge < -0.3 is 14.6 Å². The molecule has 1 aliphatic rings. The zero-order chi connectivity index (χ0) is 29.3. The third kappa shape index (κ3) is 5.31. The second-order valence-electron chi connectivity index (χ2n) is 10.2. The summed E-state index contributed by atoms with van der Waals surface area (Å²) in [7, 11) is 1.58. The fourth-order valence-electron chi connectivity index (χ4n) is 5.12. The average molecular weight is 552 g/mol. The highest BCUT2D eigenvalue weighted by molar-refractivity contribution is 6.51. The van der Waals surface area contributed by atoms with Crippen molar-refractivity contribution in [2.45, 2.75) is 32.7 Å². The predicted molar refractivity (Wildman–Crippen MR) is 156 cm³/mol. The van der Waals surface area contributed by atoms with E-state index in [9.17, 15) is 19.1 Å². The highest BCUT2D eigenvalue weighted by Gasteiger charge is 2.47. The van der Waals surface area contributed by atoms with Gasteiger partial charge in [0.15, 0.2) is 0 Å². The van der Waals surface area contributed by atoms with E-state index in [1.54, 1.807) is 44.4 Å². The SMILES string of the molecule is COc1cc(C)c(/C(O)=C2\C(=O)C(=O)N(c3ccc(F)cc3)C2c2cccc(Oc3ccccc3)c2)cc1C(C)C. The summed E-state index contributed by atoms with van der Waals surface area (Å²) >= 11 is 0. The first-order valence-corrected chi connectivity index (χ1v) is 13.3. The maximum atomic E-state index is 13.8. The number of para-hydroxylation sites is 1. The third-order valence-electron chi connectivity index (χ3n) is 7.16. The van der Waals surface area contributed by atoms with E-state index in [2.05, 4.69) is 0 Å². The molecule has 4 aromatic carbocycles. The molecule has 0 spiro atoms. The number of aliphatic hydroxyl groups excluding tert-OH is 1.